The summed E-state index contributed by atoms with van der Waals surface area (Å²) in [6.45, 7) is 3.01. The van der Waals surface area contributed by atoms with E-state index in [1.807, 2.05) is 0 Å². The van der Waals surface area contributed by atoms with Crippen LogP contribution in [0.25, 0.3) is 22.5 Å². The number of unbranched alkanes of at least 4 members (excludes halogenated alkanes) is 3. The third kappa shape index (κ3) is 6.04. The van der Waals surface area contributed by atoms with E-state index in [1.165, 1.54) is 43.2 Å². The Balaban J connectivity index is 1.16. The van der Waals surface area contributed by atoms with E-state index in [4.69, 9.17) is 14.2 Å². The van der Waals surface area contributed by atoms with Gasteiger partial charge in [-0.25, -0.2) is 0 Å². The fourth-order valence-corrected chi connectivity index (χ4v) is 5.19. The minimum Gasteiger partial charge on any atom is -0.494 e. The third-order valence-corrected chi connectivity index (χ3v) is 7.39. The van der Waals surface area contributed by atoms with Gasteiger partial charge in [-0.05, 0) is 66.8 Å². The Morgan fingerprint density at radius 2 is 1.36 bits per heavy atom. The van der Waals surface area contributed by atoms with Crippen LogP contribution in [-0.4, -0.2) is 16.7 Å². The number of nitrogens with zero attached hydrogens (tertiary/aromatic N) is 2. The Morgan fingerprint density at radius 1 is 0.722 bits per heavy atom. The molecule has 0 bridgehead atoms. The van der Waals surface area contributed by atoms with E-state index in [9.17, 15) is 0 Å². The van der Waals surface area contributed by atoms with Gasteiger partial charge in [-0.1, -0.05) is 98.1 Å². The standard InChI is InChI=1S/C32H36N2O2/c1-2-3-4-8-23-35-30-21-19-27(20-22-30)26-11-15-28(16-12-26)31-33-32(36-34-31)29-17-13-25(14-18-29)24-9-6-5-7-10-24/h5-7,9-12,15-16,19-22,25,29H,2-4,8,13-14,17-18,23H2,1H3. The highest BCUT2D eigenvalue weighted by atomic mass is 16.5. The molecule has 0 radical (unpaired) electrons. The van der Waals surface area contributed by atoms with Crippen LogP contribution in [0.1, 0.15) is 81.6 Å². The second-order valence-electron chi connectivity index (χ2n) is 9.93. The first-order valence-electron chi connectivity index (χ1n) is 13.5. The number of hydrogen-bond donors (Lipinski definition) is 0. The van der Waals surface area contributed by atoms with E-state index in [0.29, 0.717) is 17.7 Å². The summed E-state index contributed by atoms with van der Waals surface area (Å²) in [6.07, 6.45) is 9.41. The molecule has 1 heterocycles. The normalized spacial score (nSPS) is 17.7. The zero-order valence-electron chi connectivity index (χ0n) is 21.2. The molecule has 5 rings (SSSR count). The average Bonchev–Trinajstić information content (AvgIpc) is 3.45. The summed E-state index contributed by atoms with van der Waals surface area (Å²) in [5.74, 6) is 3.39. The molecular weight excluding hydrogens is 444 g/mol. The fraction of sp³-hybridized carbons (Fsp3) is 0.375. The molecule has 4 aromatic rings. The van der Waals surface area contributed by atoms with Gasteiger partial charge in [0.15, 0.2) is 0 Å². The van der Waals surface area contributed by atoms with Gasteiger partial charge in [0.1, 0.15) is 5.75 Å². The lowest BCUT2D eigenvalue weighted by molar-refractivity contribution is 0.301. The summed E-state index contributed by atoms with van der Waals surface area (Å²) < 4.78 is 11.6. The van der Waals surface area contributed by atoms with Crippen molar-refractivity contribution in [1.82, 2.24) is 10.1 Å². The monoisotopic (exact) mass is 480 g/mol. The van der Waals surface area contributed by atoms with Crippen LogP contribution in [-0.2, 0) is 0 Å². The number of aromatic nitrogens is 2. The van der Waals surface area contributed by atoms with Crippen LogP contribution < -0.4 is 4.74 Å². The molecule has 4 heteroatoms. The summed E-state index contributed by atoms with van der Waals surface area (Å²) >= 11 is 0. The van der Waals surface area contributed by atoms with Gasteiger partial charge < -0.3 is 9.26 Å². The van der Waals surface area contributed by atoms with E-state index in [1.54, 1.807) is 0 Å². The number of hydrogen-bond acceptors (Lipinski definition) is 4. The van der Waals surface area contributed by atoms with Gasteiger partial charge in [-0.3, -0.25) is 0 Å². The average molecular weight is 481 g/mol. The van der Waals surface area contributed by atoms with Gasteiger partial charge in [-0.2, -0.15) is 4.98 Å². The van der Waals surface area contributed by atoms with E-state index in [2.05, 4.69) is 90.9 Å². The van der Waals surface area contributed by atoms with Gasteiger partial charge in [0.05, 0.1) is 6.61 Å². The molecule has 1 aromatic heterocycles. The van der Waals surface area contributed by atoms with Crippen molar-refractivity contribution in [3.63, 3.8) is 0 Å². The highest BCUT2D eigenvalue weighted by molar-refractivity contribution is 5.68. The van der Waals surface area contributed by atoms with E-state index in [0.717, 1.165) is 48.6 Å². The maximum atomic E-state index is 5.87. The molecule has 1 aliphatic rings. The highest BCUT2D eigenvalue weighted by Gasteiger charge is 2.27. The van der Waals surface area contributed by atoms with Crippen LogP contribution in [0.4, 0.5) is 0 Å². The molecule has 0 unspecified atom stereocenters. The van der Waals surface area contributed by atoms with Gasteiger partial charge in [0, 0.05) is 11.5 Å². The molecule has 4 nitrogen and oxygen atoms in total. The van der Waals surface area contributed by atoms with Gasteiger partial charge in [-0.15, -0.1) is 0 Å². The van der Waals surface area contributed by atoms with Crippen molar-refractivity contribution in [1.29, 1.82) is 0 Å². The lowest BCUT2D eigenvalue weighted by Crippen LogP contribution is -2.12. The first-order valence-corrected chi connectivity index (χ1v) is 13.5. The van der Waals surface area contributed by atoms with Crippen LogP contribution in [0.2, 0.25) is 0 Å². The quantitative estimate of drug-likeness (QED) is 0.213. The molecular formula is C32H36N2O2. The Morgan fingerprint density at radius 3 is 2.06 bits per heavy atom. The first kappa shape index (κ1) is 24.3. The van der Waals surface area contributed by atoms with E-state index >= 15 is 0 Å². The molecule has 0 atom stereocenters. The molecule has 0 saturated heterocycles. The summed E-state index contributed by atoms with van der Waals surface area (Å²) in [5.41, 5.74) is 4.77. The Hall–Kier alpha value is -3.40. The second-order valence-corrected chi connectivity index (χ2v) is 9.93. The minimum absolute atomic E-state index is 0.359. The lowest BCUT2D eigenvalue weighted by atomic mass is 9.78. The SMILES string of the molecule is CCCCCCOc1ccc(-c2ccc(-c3noc(C4CCC(c5ccccc5)CC4)n3)cc2)cc1. The molecule has 1 aliphatic carbocycles. The predicted octanol–water partition coefficient (Wildman–Crippen LogP) is 8.80. The largest absolute Gasteiger partial charge is 0.494 e. The maximum Gasteiger partial charge on any atom is 0.230 e. The van der Waals surface area contributed by atoms with Gasteiger partial charge >= 0.3 is 0 Å². The van der Waals surface area contributed by atoms with Crippen molar-refractivity contribution in [2.24, 2.45) is 0 Å². The zero-order valence-corrected chi connectivity index (χ0v) is 21.2. The maximum absolute atomic E-state index is 5.87. The molecule has 186 valence electrons. The highest BCUT2D eigenvalue weighted by Crippen LogP contribution is 2.40. The summed E-state index contributed by atoms with van der Waals surface area (Å²) in [6, 6.07) is 27.6. The predicted molar refractivity (Wildman–Crippen MR) is 145 cm³/mol. The second kappa shape index (κ2) is 12.0. The van der Waals surface area contributed by atoms with Gasteiger partial charge in [0.25, 0.3) is 0 Å². The molecule has 0 spiro atoms. The van der Waals surface area contributed by atoms with Crippen molar-refractivity contribution in [2.45, 2.75) is 70.1 Å². The summed E-state index contributed by atoms with van der Waals surface area (Å²) in [7, 11) is 0. The zero-order chi connectivity index (χ0) is 24.6. The molecule has 0 N–H and O–H groups in total. The Bertz CT molecular complexity index is 1190. The summed E-state index contributed by atoms with van der Waals surface area (Å²) in [5, 5.41) is 4.30. The van der Waals surface area contributed by atoms with Crippen LogP contribution in [0.5, 0.6) is 5.75 Å². The first-order chi connectivity index (χ1) is 17.8. The Kier molecular flexibility index (Phi) is 8.12. The number of ether oxygens (including phenoxy) is 1. The van der Waals surface area contributed by atoms with Crippen LogP contribution in [0, 0.1) is 0 Å². The molecule has 3 aromatic carbocycles. The van der Waals surface area contributed by atoms with Crippen molar-refractivity contribution in [2.75, 3.05) is 6.61 Å². The number of rotatable bonds is 10. The lowest BCUT2D eigenvalue weighted by Gasteiger charge is -2.26. The molecule has 36 heavy (non-hydrogen) atoms. The molecule has 0 amide bonds. The van der Waals surface area contributed by atoms with Crippen LogP contribution >= 0.6 is 0 Å². The molecule has 1 fully saturated rings. The van der Waals surface area contributed by atoms with Crippen LogP contribution in [0.3, 0.4) is 0 Å². The minimum atomic E-state index is 0.359. The number of benzene rings is 3. The summed E-state index contributed by atoms with van der Waals surface area (Å²) in [4.78, 5) is 4.77. The molecule has 0 aliphatic heterocycles. The topological polar surface area (TPSA) is 48.2 Å². The fourth-order valence-electron chi connectivity index (χ4n) is 5.19. The van der Waals surface area contributed by atoms with Crippen molar-refractivity contribution in [3.05, 3.63) is 90.3 Å². The van der Waals surface area contributed by atoms with E-state index in [-0.39, 0.29) is 0 Å². The van der Waals surface area contributed by atoms with Crippen molar-refractivity contribution >= 4 is 0 Å². The Labute approximate surface area is 214 Å². The van der Waals surface area contributed by atoms with Crippen molar-refractivity contribution < 1.29 is 9.26 Å². The van der Waals surface area contributed by atoms with Crippen molar-refractivity contribution in [3.8, 4) is 28.3 Å². The smallest absolute Gasteiger partial charge is 0.230 e. The van der Waals surface area contributed by atoms with Gasteiger partial charge in [0.2, 0.25) is 11.7 Å². The van der Waals surface area contributed by atoms with Crippen LogP contribution in [0.15, 0.2) is 83.4 Å². The van der Waals surface area contributed by atoms with E-state index < -0.39 is 0 Å². The molecule has 1 saturated carbocycles. The third-order valence-electron chi connectivity index (χ3n) is 7.39.